The fourth-order valence-corrected chi connectivity index (χ4v) is 6.25. The van der Waals surface area contributed by atoms with Gasteiger partial charge in [0.15, 0.2) is 0 Å². The Labute approximate surface area is 169 Å². The number of fused-ring (bicyclic) bond motifs is 1. The number of nitrogens with two attached hydrogens (primary N) is 1. The van der Waals surface area contributed by atoms with Crippen molar-refractivity contribution in [3.63, 3.8) is 0 Å². The molecule has 0 unspecified atom stereocenters. The van der Waals surface area contributed by atoms with Crippen LogP contribution in [0.15, 0.2) is 0 Å². The van der Waals surface area contributed by atoms with E-state index in [2.05, 4.69) is 5.32 Å². The molecule has 3 N–H and O–H groups in total. The summed E-state index contributed by atoms with van der Waals surface area (Å²) >= 11 is 1.50. The van der Waals surface area contributed by atoms with Crippen molar-refractivity contribution >= 4 is 34.1 Å². The fourth-order valence-electron chi connectivity index (χ4n) is 4.95. The molecule has 28 heavy (non-hydrogen) atoms. The van der Waals surface area contributed by atoms with Gasteiger partial charge in [-0.1, -0.05) is 12.8 Å². The average Bonchev–Trinajstić information content (AvgIpc) is 3.35. The third-order valence-electron chi connectivity index (χ3n) is 6.46. The van der Waals surface area contributed by atoms with Crippen LogP contribution in [-0.4, -0.2) is 35.7 Å². The Morgan fingerprint density at radius 3 is 2.43 bits per heavy atom. The number of primary amides is 1. The number of likely N-dealkylation sites (tertiary alicyclic amines) is 1. The van der Waals surface area contributed by atoms with Crippen LogP contribution in [0.3, 0.4) is 0 Å². The molecular formula is C21H29N3O3S. The van der Waals surface area contributed by atoms with Gasteiger partial charge in [0.1, 0.15) is 5.00 Å². The van der Waals surface area contributed by atoms with E-state index in [9.17, 15) is 14.4 Å². The fraction of sp³-hybridized carbons (Fsp3) is 0.667. The molecule has 0 radical (unpaired) electrons. The minimum absolute atomic E-state index is 0.0926. The lowest BCUT2D eigenvalue weighted by Gasteiger charge is -2.33. The van der Waals surface area contributed by atoms with Crippen molar-refractivity contribution in [1.82, 2.24) is 4.90 Å². The van der Waals surface area contributed by atoms with Crippen LogP contribution < -0.4 is 11.1 Å². The topological polar surface area (TPSA) is 92.5 Å². The Morgan fingerprint density at radius 1 is 0.964 bits per heavy atom. The van der Waals surface area contributed by atoms with E-state index in [4.69, 9.17) is 5.73 Å². The number of nitrogens with one attached hydrogen (secondary N) is 1. The van der Waals surface area contributed by atoms with Crippen molar-refractivity contribution in [2.75, 3.05) is 18.4 Å². The molecule has 1 saturated heterocycles. The van der Waals surface area contributed by atoms with Crippen molar-refractivity contribution in [1.29, 1.82) is 0 Å². The second-order valence-corrected chi connectivity index (χ2v) is 9.48. The van der Waals surface area contributed by atoms with E-state index in [-0.39, 0.29) is 23.7 Å². The minimum atomic E-state index is -0.462. The Balaban J connectivity index is 1.45. The maximum absolute atomic E-state index is 13.0. The quantitative estimate of drug-likeness (QED) is 0.809. The lowest BCUT2D eigenvalue weighted by molar-refractivity contribution is -0.138. The highest BCUT2D eigenvalue weighted by Gasteiger charge is 2.34. The van der Waals surface area contributed by atoms with Crippen molar-refractivity contribution in [3.8, 4) is 0 Å². The third kappa shape index (κ3) is 3.81. The SMILES string of the molecule is NC(=O)c1c(NC(=O)[C@H]2CCCN(C(=O)C3CCCC3)C2)sc2c1CCCC2. The van der Waals surface area contributed by atoms with Gasteiger partial charge in [-0.25, -0.2) is 0 Å². The van der Waals surface area contributed by atoms with Crippen molar-refractivity contribution < 1.29 is 14.4 Å². The standard InChI is InChI=1S/C21H29N3O3S/c22-18(25)17-15-9-3-4-10-16(15)28-20(17)23-19(26)14-8-5-11-24(12-14)21(27)13-6-1-2-7-13/h13-14H,1-12H2,(H2,22,25)(H,23,26)/t14-/m0/s1. The number of amides is 3. The van der Waals surface area contributed by atoms with E-state index in [0.29, 0.717) is 17.1 Å². The van der Waals surface area contributed by atoms with E-state index in [1.54, 1.807) is 0 Å². The molecule has 1 aliphatic heterocycles. The lowest BCUT2D eigenvalue weighted by Crippen LogP contribution is -2.45. The smallest absolute Gasteiger partial charge is 0.251 e. The predicted octanol–water partition coefficient (Wildman–Crippen LogP) is 3.09. The first-order valence-corrected chi connectivity index (χ1v) is 11.4. The third-order valence-corrected chi connectivity index (χ3v) is 7.67. The Bertz CT molecular complexity index is 782. The first kappa shape index (κ1) is 19.4. The highest BCUT2D eigenvalue weighted by atomic mass is 32.1. The van der Waals surface area contributed by atoms with Crippen LogP contribution in [0, 0.1) is 11.8 Å². The van der Waals surface area contributed by atoms with Gasteiger partial charge in [-0.15, -0.1) is 11.3 Å². The number of hydrogen-bond acceptors (Lipinski definition) is 4. The van der Waals surface area contributed by atoms with Gasteiger partial charge in [0, 0.05) is 23.9 Å². The summed E-state index contributed by atoms with van der Waals surface area (Å²) in [5.41, 5.74) is 7.16. The van der Waals surface area contributed by atoms with Gasteiger partial charge in [-0.05, 0) is 56.9 Å². The van der Waals surface area contributed by atoms with Crippen LogP contribution in [0.4, 0.5) is 5.00 Å². The molecule has 7 heteroatoms. The van der Waals surface area contributed by atoms with E-state index in [1.807, 2.05) is 4.90 Å². The number of anilines is 1. The Morgan fingerprint density at radius 2 is 1.68 bits per heavy atom. The van der Waals surface area contributed by atoms with Gasteiger partial charge in [0.25, 0.3) is 5.91 Å². The highest BCUT2D eigenvalue weighted by molar-refractivity contribution is 7.17. The molecular weight excluding hydrogens is 374 g/mol. The molecule has 2 fully saturated rings. The van der Waals surface area contributed by atoms with Gasteiger partial charge in [-0.3, -0.25) is 14.4 Å². The average molecular weight is 404 g/mol. The van der Waals surface area contributed by atoms with Crippen LogP contribution in [0.25, 0.3) is 0 Å². The number of aryl methyl sites for hydroxylation is 1. The van der Waals surface area contributed by atoms with E-state index in [0.717, 1.165) is 76.3 Å². The zero-order valence-electron chi connectivity index (χ0n) is 16.3. The minimum Gasteiger partial charge on any atom is -0.365 e. The number of carbonyl (C=O) groups is 3. The number of piperidine rings is 1. The molecule has 1 aromatic rings. The molecule has 2 heterocycles. The molecule has 2 aliphatic carbocycles. The summed E-state index contributed by atoms with van der Waals surface area (Å²) in [5, 5.41) is 3.59. The molecule has 1 saturated carbocycles. The molecule has 1 aromatic heterocycles. The molecule has 152 valence electrons. The maximum Gasteiger partial charge on any atom is 0.251 e. The van der Waals surface area contributed by atoms with Gasteiger partial charge < -0.3 is 16.0 Å². The van der Waals surface area contributed by atoms with Gasteiger partial charge >= 0.3 is 0 Å². The molecule has 3 aliphatic rings. The number of thiophene rings is 1. The lowest BCUT2D eigenvalue weighted by atomic mass is 9.94. The van der Waals surface area contributed by atoms with Crippen LogP contribution in [0.5, 0.6) is 0 Å². The first-order chi connectivity index (χ1) is 13.5. The maximum atomic E-state index is 13.0. The molecule has 0 aromatic carbocycles. The molecule has 3 amide bonds. The van der Waals surface area contributed by atoms with Crippen LogP contribution in [-0.2, 0) is 22.4 Å². The van der Waals surface area contributed by atoms with Crippen molar-refractivity contribution in [3.05, 3.63) is 16.0 Å². The normalized spacial score (nSPS) is 22.7. The van der Waals surface area contributed by atoms with E-state index < -0.39 is 5.91 Å². The van der Waals surface area contributed by atoms with Gasteiger partial charge in [-0.2, -0.15) is 0 Å². The Hall–Kier alpha value is -1.89. The zero-order valence-corrected chi connectivity index (χ0v) is 17.1. The molecule has 1 atom stereocenters. The van der Waals surface area contributed by atoms with E-state index >= 15 is 0 Å². The summed E-state index contributed by atoms with van der Waals surface area (Å²) in [7, 11) is 0. The summed E-state index contributed by atoms with van der Waals surface area (Å²) in [6.07, 6.45) is 9.82. The van der Waals surface area contributed by atoms with Gasteiger partial charge in [0.05, 0.1) is 11.5 Å². The van der Waals surface area contributed by atoms with Crippen molar-refractivity contribution in [2.24, 2.45) is 17.6 Å². The van der Waals surface area contributed by atoms with Crippen molar-refractivity contribution in [2.45, 2.75) is 64.2 Å². The molecule has 0 spiro atoms. The summed E-state index contributed by atoms with van der Waals surface area (Å²) < 4.78 is 0. The van der Waals surface area contributed by atoms with E-state index in [1.165, 1.54) is 16.2 Å². The molecule has 6 nitrogen and oxygen atoms in total. The molecule has 0 bridgehead atoms. The zero-order chi connectivity index (χ0) is 19.7. The molecule has 4 rings (SSSR count). The summed E-state index contributed by atoms with van der Waals surface area (Å²) in [6.45, 7) is 1.23. The number of carbonyl (C=O) groups excluding carboxylic acids is 3. The summed E-state index contributed by atoms with van der Waals surface area (Å²) in [4.78, 5) is 40.8. The van der Waals surface area contributed by atoms with Crippen LogP contribution in [0.1, 0.15) is 72.2 Å². The van der Waals surface area contributed by atoms with Gasteiger partial charge in [0.2, 0.25) is 11.8 Å². The number of nitrogens with zero attached hydrogens (tertiary/aromatic N) is 1. The summed E-state index contributed by atoms with van der Waals surface area (Å²) in [5.74, 6) is -0.410. The largest absolute Gasteiger partial charge is 0.365 e. The van der Waals surface area contributed by atoms with Crippen LogP contribution in [0.2, 0.25) is 0 Å². The first-order valence-electron chi connectivity index (χ1n) is 10.6. The second-order valence-electron chi connectivity index (χ2n) is 8.37. The highest BCUT2D eigenvalue weighted by Crippen LogP contribution is 2.38. The monoisotopic (exact) mass is 403 g/mol. The second kappa shape index (κ2) is 8.23. The van der Waals surface area contributed by atoms with Crippen LogP contribution >= 0.6 is 11.3 Å². The Kier molecular flexibility index (Phi) is 5.71. The summed E-state index contributed by atoms with van der Waals surface area (Å²) in [6, 6.07) is 0. The predicted molar refractivity (Wildman–Crippen MR) is 109 cm³/mol. The number of hydrogen-bond donors (Lipinski definition) is 2. The number of rotatable bonds is 4.